The molecule has 34 heavy (non-hydrogen) atoms. The van der Waals surface area contributed by atoms with Crippen molar-refractivity contribution < 1.29 is 16.5 Å². The van der Waals surface area contributed by atoms with Crippen LogP contribution in [0, 0.1) is 3.89 Å². The molecule has 3 aromatic rings. The number of imidazole rings is 1. The number of hydrogen-bond donors (Lipinski definition) is 0. The number of nitrogens with zero attached hydrogens (tertiary/aromatic N) is 2. The van der Waals surface area contributed by atoms with Crippen LogP contribution in [-0.4, -0.2) is 9.13 Å². The van der Waals surface area contributed by atoms with E-state index in [0.29, 0.717) is 23.7 Å². The van der Waals surface area contributed by atoms with E-state index in [1.165, 1.54) is 39.3 Å². The van der Waals surface area contributed by atoms with Crippen LogP contribution in [0.4, 0.5) is 0 Å². The Morgan fingerprint density at radius 1 is 0.765 bits per heavy atom. The Morgan fingerprint density at radius 3 is 1.53 bits per heavy atom. The van der Waals surface area contributed by atoms with Crippen molar-refractivity contribution in [2.24, 2.45) is 0 Å². The monoisotopic (exact) mass is 569 g/mol. The van der Waals surface area contributed by atoms with Crippen molar-refractivity contribution in [1.29, 1.82) is 0 Å². The molecule has 0 N–H and O–H groups in total. The maximum atomic E-state index is 6.86. The molecule has 188 valence electrons. The van der Waals surface area contributed by atoms with Crippen molar-refractivity contribution in [3.63, 3.8) is 0 Å². The van der Waals surface area contributed by atoms with Crippen LogP contribution >= 0.6 is 9.53 Å². The Bertz CT molecular complexity index is 1170. The second-order valence-corrected chi connectivity index (χ2v) is 12.0. The minimum absolute atomic E-state index is 0.108. The first-order valence-electron chi connectivity index (χ1n) is 12.4. The van der Waals surface area contributed by atoms with Gasteiger partial charge in [0, 0.05) is 0 Å². The fourth-order valence-electron chi connectivity index (χ4n) is 4.76. The summed E-state index contributed by atoms with van der Waals surface area (Å²) in [6.45, 7) is 22.3. The zero-order chi connectivity index (χ0) is 25.2. The molecule has 4 heteroatoms. The van der Waals surface area contributed by atoms with Crippen LogP contribution in [0.3, 0.4) is 0 Å². The van der Waals surface area contributed by atoms with Gasteiger partial charge < -0.3 is 0 Å². The molecular weight excluding hydrogens is 530 g/mol. The van der Waals surface area contributed by atoms with Crippen molar-refractivity contribution in [2.75, 3.05) is 0 Å². The molecule has 0 radical (unpaired) electrons. The number of hydrogen-bond acceptors (Lipinski definition) is 0. The molecule has 0 fully saturated rings. The van der Waals surface area contributed by atoms with Crippen LogP contribution in [-0.2, 0) is 22.9 Å². The maximum absolute atomic E-state index is 6.86. The SMILES string of the molecule is C=CCc1cn(-c2c(C(C)C)cccc2C(C)C)[c](=[Pd-][Cl])n1-c1c(C(C)C)cccc1C(C)C. The van der Waals surface area contributed by atoms with Crippen LogP contribution in [0.25, 0.3) is 11.4 Å². The van der Waals surface area contributed by atoms with E-state index in [2.05, 4.69) is 114 Å². The van der Waals surface area contributed by atoms with Crippen LogP contribution < -0.4 is 0 Å². The number of halogens is 1. The molecule has 0 bridgehead atoms. The molecule has 2 aromatic carbocycles. The van der Waals surface area contributed by atoms with Gasteiger partial charge in [-0.05, 0) is 0 Å². The van der Waals surface area contributed by atoms with Gasteiger partial charge in [-0.2, -0.15) is 0 Å². The van der Waals surface area contributed by atoms with Gasteiger partial charge in [-0.25, -0.2) is 0 Å². The van der Waals surface area contributed by atoms with E-state index in [9.17, 15) is 0 Å². The molecule has 1 heterocycles. The summed E-state index contributed by atoms with van der Waals surface area (Å²) in [7, 11) is 6.86. The fourth-order valence-corrected chi connectivity index (χ4v) is 6.36. The number of para-hydroxylation sites is 2. The Balaban J connectivity index is 2.54. The summed E-state index contributed by atoms with van der Waals surface area (Å²) in [5.41, 5.74) is 9.26. The van der Waals surface area contributed by atoms with Gasteiger partial charge >= 0.3 is 219 Å². The molecule has 0 atom stereocenters. The Kier molecular flexibility index (Phi) is 9.02. The summed E-state index contributed by atoms with van der Waals surface area (Å²) in [4.78, 5) is 0. The average molecular weight is 571 g/mol. The molecule has 0 unspecified atom stereocenters. The zero-order valence-corrected chi connectivity index (χ0v) is 24.2. The van der Waals surface area contributed by atoms with Crippen molar-refractivity contribution in [3.05, 3.63) is 87.1 Å². The Labute approximate surface area is 218 Å². The predicted molar refractivity (Wildman–Crippen MR) is 144 cm³/mol. The summed E-state index contributed by atoms with van der Waals surface area (Å²) in [5.74, 6) is 1.64. The van der Waals surface area contributed by atoms with Crippen molar-refractivity contribution >= 4 is 9.53 Å². The predicted octanol–water partition coefficient (Wildman–Crippen LogP) is 9.26. The summed E-state index contributed by atoms with van der Waals surface area (Å²) in [6.07, 6.45) is 5.10. The van der Waals surface area contributed by atoms with Gasteiger partial charge in [-0.1, -0.05) is 0 Å². The third-order valence-electron chi connectivity index (χ3n) is 6.48. The third-order valence-corrected chi connectivity index (χ3v) is 8.09. The number of aromatic nitrogens is 2. The van der Waals surface area contributed by atoms with Gasteiger partial charge in [-0.3, -0.25) is 0 Å². The van der Waals surface area contributed by atoms with Gasteiger partial charge in [0.05, 0.1) is 0 Å². The Morgan fingerprint density at radius 2 is 1.18 bits per heavy atom. The van der Waals surface area contributed by atoms with E-state index in [-0.39, 0.29) is 16.5 Å². The summed E-state index contributed by atoms with van der Waals surface area (Å²) < 4.78 is 6.00. The first-order valence-corrected chi connectivity index (χ1v) is 15.2. The molecular formula is C30H40ClN2Pd-. The van der Waals surface area contributed by atoms with Gasteiger partial charge in [0.15, 0.2) is 0 Å². The van der Waals surface area contributed by atoms with E-state index in [0.717, 1.165) is 10.3 Å². The molecule has 2 nitrogen and oxygen atoms in total. The molecule has 0 aliphatic rings. The summed E-state index contributed by atoms with van der Waals surface area (Å²) in [5, 5.41) is 0. The average Bonchev–Trinajstić information content (AvgIpc) is 3.15. The van der Waals surface area contributed by atoms with Crippen LogP contribution in [0.5, 0.6) is 0 Å². The van der Waals surface area contributed by atoms with Gasteiger partial charge in [0.1, 0.15) is 0 Å². The Hall–Kier alpha value is -1.66. The number of benzene rings is 2. The van der Waals surface area contributed by atoms with E-state index < -0.39 is 0 Å². The van der Waals surface area contributed by atoms with E-state index in [1.54, 1.807) is 0 Å². The summed E-state index contributed by atoms with van der Waals surface area (Å²) in [6, 6.07) is 13.5. The normalized spacial score (nSPS) is 13.0. The fraction of sp³-hybridized carbons (Fsp3) is 0.433. The molecule has 0 amide bonds. The molecule has 1 aromatic heterocycles. The summed E-state index contributed by atoms with van der Waals surface area (Å²) >= 11 is -0.108. The van der Waals surface area contributed by atoms with Gasteiger partial charge in [-0.15, -0.1) is 0 Å². The van der Waals surface area contributed by atoms with Gasteiger partial charge in [0.2, 0.25) is 0 Å². The van der Waals surface area contributed by atoms with Crippen molar-refractivity contribution in [2.45, 2.75) is 85.5 Å². The molecule has 0 aliphatic heterocycles. The second kappa shape index (κ2) is 11.4. The minimum atomic E-state index is -0.108. The van der Waals surface area contributed by atoms with E-state index in [4.69, 9.17) is 9.53 Å². The zero-order valence-electron chi connectivity index (χ0n) is 21.9. The van der Waals surface area contributed by atoms with Crippen molar-refractivity contribution in [3.8, 4) is 11.4 Å². The van der Waals surface area contributed by atoms with Crippen LogP contribution in [0.1, 0.15) is 107 Å². The van der Waals surface area contributed by atoms with Crippen molar-refractivity contribution in [1.82, 2.24) is 9.13 Å². The van der Waals surface area contributed by atoms with Crippen LogP contribution in [0.2, 0.25) is 0 Å². The first-order chi connectivity index (χ1) is 16.1. The topological polar surface area (TPSA) is 9.86 Å². The molecule has 0 aliphatic carbocycles. The first kappa shape index (κ1) is 26.9. The van der Waals surface area contributed by atoms with E-state index in [1.807, 2.05) is 6.08 Å². The standard InChI is InChI=1S/C30H40N2.ClH.Pd/c1-10-13-24-18-31(29-25(20(2)3)14-11-15-26(29)21(4)5)19-32(24)30-27(22(6)7)16-12-17-28(30)23(8)9;;/h10-12,14-18,20-23H,1,13H2,2-9H3;1H;/p-1. The van der Waals surface area contributed by atoms with Gasteiger partial charge in [0.25, 0.3) is 0 Å². The molecule has 3 rings (SSSR count). The number of rotatable bonds is 8. The second-order valence-electron chi connectivity index (χ2n) is 10.3. The third kappa shape index (κ3) is 5.13. The quantitative estimate of drug-likeness (QED) is 0.189. The molecule has 0 saturated heterocycles. The van der Waals surface area contributed by atoms with E-state index >= 15 is 0 Å². The van der Waals surface area contributed by atoms with Crippen LogP contribution in [0.15, 0.2) is 55.3 Å². The molecule has 0 saturated carbocycles. The number of allylic oxidation sites excluding steroid dienone is 1. The molecule has 0 spiro atoms.